The van der Waals surface area contributed by atoms with Gasteiger partial charge in [-0.1, -0.05) is 18.2 Å². The van der Waals surface area contributed by atoms with E-state index in [0.717, 1.165) is 16.7 Å². The second kappa shape index (κ2) is 5.25. The number of nitrogens with zero attached hydrogens (tertiary/aromatic N) is 1. The van der Waals surface area contributed by atoms with E-state index < -0.39 is 6.10 Å². The Morgan fingerprint density at radius 1 is 1.33 bits per heavy atom. The molecule has 0 radical (unpaired) electrons. The fraction of sp³-hybridized carbons (Fsp3) is 0.286. The lowest BCUT2D eigenvalue weighted by Gasteiger charge is -2.12. The SMILES string of the molecule is Cn1ccc(-c2cccc(CC(O)CO)c2N)c1. The van der Waals surface area contributed by atoms with Crippen LogP contribution in [0, 0.1) is 0 Å². The van der Waals surface area contributed by atoms with Gasteiger partial charge in [-0.25, -0.2) is 0 Å². The fourth-order valence-corrected chi connectivity index (χ4v) is 2.02. The molecule has 0 fully saturated rings. The van der Waals surface area contributed by atoms with E-state index in [9.17, 15) is 5.11 Å². The Morgan fingerprint density at radius 2 is 2.11 bits per heavy atom. The van der Waals surface area contributed by atoms with Crippen LogP contribution in [-0.2, 0) is 13.5 Å². The second-order valence-electron chi connectivity index (χ2n) is 4.48. The van der Waals surface area contributed by atoms with Gasteiger partial charge in [-0.3, -0.25) is 0 Å². The Morgan fingerprint density at radius 3 is 2.72 bits per heavy atom. The van der Waals surface area contributed by atoms with Crippen LogP contribution in [0.2, 0.25) is 0 Å². The normalized spacial score (nSPS) is 12.6. The van der Waals surface area contributed by atoms with Gasteiger partial charge in [0.1, 0.15) is 0 Å². The Bertz CT molecular complexity index is 534. The van der Waals surface area contributed by atoms with Gasteiger partial charge in [0.05, 0.1) is 12.7 Å². The highest BCUT2D eigenvalue weighted by atomic mass is 16.3. The van der Waals surface area contributed by atoms with Gasteiger partial charge < -0.3 is 20.5 Å². The van der Waals surface area contributed by atoms with Crippen molar-refractivity contribution in [3.05, 3.63) is 42.2 Å². The molecular formula is C14H18N2O2. The molecule has 1 aromatic heterocycles. The van der Waals surface area contributed by atoms with Crippen molar-refractivity contribution in [2.45, 2.75) is 12.5 Å². The summed E-state index contributed by atoms with van der Waals surface area (Å²) in [5.41, 5.74) is 9.66. The number of hydrogen-bond donors (Lipinski definition) is 3. The summed E-state index contributed by atoms with van der Waals surface area (Å²) in [7, 11) is 1.96. The first-order chi connectivity index (χ1) is 8.61. The van der Waals surface area contributed by atoms with Gasteiger partial charge in [-0.15, -0.1) is 0 Å². The highest BCUT2D eigenvalue weighted by molar-refractivity contribution is 5.78. The van der Waals surface area contributed by atoms with Gasteiger partial charge in [0.2, 0.25) is 0 Å². The lowest BCUT2D eigenvalue weighted by atomic mass is 9.99. The fourth-order valence-electron chi connectivity index (χ4n) is 2.02. The lowest BCUT2D eigenvalue weighted by Crippen LogP contribution is -2.16. The third-order valence-corrected chi connectivity index (χ3v) is 3.01. The first-order valence-electron chi connectivity index (χ1n) is 5.90. The zero-order valence-electron chi connectivity index (χ0n) is 10.4. The quantitative estimate of drug-likeness (QED) is 0.709. The number of nitrogens with two attached hydrogens (primary N) is 1. The van der Waals surface area contributed by atoms with Gasteiger partial charge in [0, 0.05) is 42.7 Å². The minimum Gasteiger partial charge on any atom is -0.398 e. The zero-order valence-corrected chi connectivity index (χ0v) is 10.4. The summed E-state index contributed by atoms with van der Waals surface area (Å²) in [4.78, 5) is 0. The molecule has 18 heavy (non-hydrogen) atoms. The maximum atomic E-state index is 9.49. The highest BCUT2D eigenvalue weighted by Crippen LogP contribution is 2.29. The molecule has 2 aromatic rings. The number of hydrogen-bond acceptors (Lipinski definition) is 3. The van der Waals surface area contributed by atoms with Crippen LogP contribution in [0.25, 0.3) is 11.1 Å². The van der Waals surface area contributed by atoms with Crippen molar-refractivity contribution in [1.29, 1.82) is 0 Å². The van der Waals surface area contributed by atoms with E-state index in [-0.39, 0.29) is 6.61 Å². The topological polar surface area (TPSA) is 71.4 Å². The summed E-state index contributed by atoms with van der Waals surface area (Å²) in [6.07, 6.45) is 3.56. The maximum Gasteiger partial charge on any atom is 0.0811 e. The molecule has 0 aliphatic carbocycles. The van der Waals surface area contributed by atoms with E-state index in [0.29, 0.717) is 12.1 Å². The van der Waals surface area contributed by atoms with Crippen molar-refractivity contribution in [2.75, 3.05) is 12.3 Å². The number of rotatable bonds is 4. The van der Waals surface area contributed by atoms with Crippen LogP contribution >= 0.6 is 0 Å². The van der Waals surface area contributed by atoms with Crippen LogP contribution in [-0.4, -0.2) is 27.5 Å². The van der Waals surface area contributed by atoms with Crippen molar-refractivity contribution in [3.63, 3.8) is 0 Å². The third-order valence-electron chi connectivity index (χ3n) is 3.01. The number of aromatic nitrogens is 1. The molecule has 0 bridgehead atoms. The molecular weight excluding hydrogens is 228 g/mol. The van der Waals surface area contributed by atoms with Crippen molar-refractivity contribution < 1.29 is 10.2 Å². The number of para-hydroxylation sites is 1. The lowest BCUT2D eigenvalue weighted by molar-refractivity contribution is 0.0956. The predicted molar refractivity (Wildman–Crippen MR) is 72.1 cm³/mol. The molecule has 1 aromatic carbocycles. The van der Waals surface area contributed by atoms with E-state index in [2.05, 4.69) is 0 Å². The van der Waals surface area contributed by atoms with Crippen molar-refractivity contribution >= 4 is 5.69 Å². The largest absolute Gasteiger partial charge is 0.398 e. The molecule has 1 heterocycles. The van der Waals surface area contributed by atoms with Crippen molar-refractivity contribution in [3.8, 4) is 11.1 Å². The van der Waals surface area contributed by atoms with E-state index >= 15 is 0 Å². The van der Waals surface area contributed by atoms with Crippen LogP contribution in [0.3, 0.4) is 0 Å². The minimum atomic E-state index is -0.765. The molecule has 4 heteroatoms. The summed E-state index contributed by atoms with van der Waals surface area (Å²) >= 11 is 0. The van der Waals surface area contributed by atoms with Crippen LogP contribution in [0.5, 0.6) is 0 Å². The Labute approximate surface area is 106 Å². The number of benzene rings is 1. The highest BCUT2D eigenvalue weighted by Gasteiger charge is 2.11. The van der Waals surface area contributed by atoms with Gasteiger partial charge in [-0.2, -0.15) is 0 Å². The molecule has 1 unspecified atom stereocenters. The van der Waals surface area contributed by atoms with E-state index in [1.807, 2.05) is 48.3 Å². The summed E-state index contributed by atoms with van der Waals surface area (Å²) in [5, 5.41) is 18.4. The van der Waals surface area contributed by atoms with Crippen LogP contribution in [0.4, 0.5) is 5.69 Å². The molecule has 4 nitrogen and oxygen atoms in total. The molecule has 1 atom stereocenters. The molecule has 96 valence electrons. The molecule has 0 amide bonds. The Kier molecular flexibility index (Phi) is 3.69. The monoisotopic (exact) mass is 246 g/mol. The third kappa shape index (κ3) is 2.55. The molecule has 0 saturated heterocycles. The van der Waals surface area contributed by atoms with Gasteiger partial charge >= 0.3 is 0 Å². The van der Waals surface area contributed by atoms with Crippen molar-refractivity contribution in [2.24, 2.45) is 7.05 Å². The Balaban J connectivity index is 2.35. The zero-order chi connectivity index (χ0) is 13.1. The summed E-state index contributed by atoms with van der Waals surface area (Å²) in [6.45, 7) is -0.255. The summed E-state index contributed by atoms with van der Waals surface area (Å²) < 4.78 is 1.96. The molecule has 4 N–H and O–H groups in total. The number of aliphatic hydroxyl groups excluding tert-OH is 2. The minimum absolute atomic E-state index is 0.255. The molecule has 0 aliphatic rings. The molecule has 2 rings (SSSR count). The molecule has 0 saturated carbocycles. The number of anilines is 1. The van der Waals surface area contributed by atoms with Crippen molar-refractivity contribution in [1.82, 2.24) is 4.57 Å². The van der Waals surface area contributed by atoms with E-state index in [4.69, 9.17) is 10.8 Å². The van der Waals surface area contributed by atoms with E-state index in [1.165, 1.54) is 0 Å². The first kappa shape index (κ1) is 12.7. The van der Waals surface area contributed by atoms with Gasteiger partial charge in [-0.05, 0) is 11.6 Å². The summed E-state index contributed by atoms with van der Waals surface area (Å²) in [6, 6.07) is 7.75. The first-order valence-corrected chi connectivity index (χ1v) is 5.90. The van der Waals surface area contributed by atoms with E-state index in [1.54, 1.807) is 0 Å². The molecule has 0 aliphatic heterocycles. The number of nitrogen functional groups attached to an aromatic ring is 1. The standard InChI is InChI=1S/C14H18N2O2/c1-16-6-5-11(8-16)13-4-2-3-10(14(13)15)7-12(18)9-17/h2-6,8,12,17-18H,7,9,15H2,1H3. The average molecular weight is 246 g/mol. The van der Waals surface area contributed by atoms with Crippen LogP contribution < -0.4 is 5.73 Å². The van der Waals surface area contributed by atoms with Gasteiger partial charge in [0.15, 0.2) is 0 Å². The van der Waals surface area contributed by atoms with Crippen LogP contribution in [0.1, 0.15) is 5.56 Å². The van der Waals surface area contributed by atoms with Gasteiger partial charge in [0.25, 0.3) is 0 Å². The number of aryl methyl sites for hydroxylation is 1. The Hall–Kier alpha value is -1.78. The second-order valence-corrected chi connectivity index (χ2v) is 4.48. The average Bonchev–Trinajstić information content (AvgIpc) is 2.78. The maximum absolute atomic E-state index is 9.49. The van der Waals surface area contributed by atoms with Crippen LogP contribution in [0.15, 0.2) is 36.7 Å². The smallest absolute Gasteiger partial charge is 0.0811 e. The predicted octanol–water partition coefficient (Wildman–Crippen LogP) is 1.17. The summed E-state index contributed by atoms with van der Waals surface area (Å²) in [5.74, 6) is 0. The molecule has 0 spiro atoms. The number of aliphatic hydroxyl groups is 2.